The Morgan fingerprint density at radius 1 is 1.17 bits per heavy atom. The Bertz CT molecular complexity index is 620. The van der Waals surface area contributed by atoms with Gasteiger partial charge in [-0.3, -0.25) is 4.90 Å². The van der Waals surface area contributed by atoms with E-state index in [1.807, 2.05) is 32.0 Å². The molecule has 1 heterocycles. The first kappa shape index (κ1) is 17.3. The van der Waals surface area contributed by atoms with Crippen molar-refractivity contribution >= 4 is 0 Å². The maximum Gasteiger partial charge on any atom is 0.208 e. The van der Waals surface area contributed by atoms with E-state index in [2.05, 4.69) is 9.88 Å². The number of nitrogens with zero attached hydrogens (tertiary/aromatic N) is 2. The van der Waals surface area contributed by atoms with Gasteiger partial charge < -0.3 is 19.0 Å². The van der Waals surface area contributed by atoms with Gasteiger partial charge in [-0.1, -0.05) is 6.07 Å². The lowest BCUT2D eigenvalue weighted by Gasteiger charge is -2.21. The Morgan fingerprint density at radius 2 is 1.96 bits per heavy atom. The topological polar surface area (TPSA) is 68.0 Å². The molecule has 1 N–H and O–H groups in total. The Kier molecular flexibility index (Phi) is 6.01. The van der Waals surface area contributed by atoms with Crippen molar-refractivity contribution in [2.45, 2.75) is 26.9 Å². The Balaban J connectivity index is 2.15. The van der Waals surface area contributed by atoms with Crippen LogP contribution < -0.4 is 9.47 Å². The zero-order chi connectivity index (χ0) is 16.8. The third kappa shape index (κ3) is 4.46. The number of ether oxygens (including phenoxy) is 2. The number of aromatic nitrogens is 1. The average Bonchev–Trinajstić information content (AvgIpc) is 2.85. The molecule has 1 aromatic carbocycles. The summed E-state index contributed by atoms with van der Waals surface area (Å²) in [5.74, 6) is 2.98. The molecule has 0 aliphatic rings. The summed E-state index contributed by atoms with van der Waals surface area (Å²) >= 11 is 0. The largest absolute Gasteiger partial charge is 0.497 e. The molecule has 2 aromatic rings. The normalized spacial score (nSPS) is 11.0. The van der Waals surface area contributed by atoms with E-state index in [0.29, 0.717) is 25.5 Å². The van der Waals surface area contributed by atoms with Crippen molar-refractivity contribution in [1.82, 2.24) is 9.88 Å². The summed E-state index contributed by atoms with van der Waals surface area (Å²) in [4.78, 5) is 6.47. The minimum Gasteiger partial charge on any atom is -0.497 e. The van der Waals surface area contributed by atoms with Gasteiger partial charge in [0.2, 0.25) is 5.89 Å². The van der Waals surface area contributed by atoms with Gasteiger partial charge in [0, 0.05) is 24.7 Å². The van der Waals surface area contributed by atoms with E-state index >= 15 is 0 Å². The van der Waals surface area contributed by atoms with Crippen LogP contribution in [0.2, 0.25) is 0 Å². The van der Waals surface area contributed by atoms with Crippen molar-refractivity contribution in [2.24, 2.45) is 0 Å². The first-order chi connectivity index (χ1) is 11.1. The van der Waals surface area contributed by atoms with E-state index in [-0.39, 0.29) is 6.61 Å². The van der Waals surface area contributed by atoms with Gasteiger partial charge in [-0.25, -0.2) is 4.98 Å². The van der Waals surface area contributed by atoms with Crippen LogP contribution in [0.15, 0.2) is 22.6 Å². The highest BCUT2D eigenvalue weighted by Gasteiger charge is 2.14. The van der Waals surface area contributed by atoms with Gasteiger partial charge in [0.05, 0.1) is 33.1 Å². The number of hydrogen-bond donors (Lipinski definition) is 1. The third-order valence-corrected chi connectivity index (χ3v) is 3.74. The quantitative estimate of drug-likeness (QED) is 0.805. The number of methoxy groups -OCH3 is 2. The van der Waals surface area contributed by atoms with Crippen LogP contribution in [0.4, 0.5) is 0 Å². The van der Waals surface area contributed by atoms with Crippen LogP contribution in [0.1, 0.15) is 22.9 Å². The highest BCUT2D eigenvalue weighted by molar-refractivity contribution is 5.40. The van der Waals surface area contributed by atoms with Crippen molar-refractivity contribution in [3.05, 3.63) is 41.1 Å². The molecule has 0 atom stereocenters. The molecule has 0 bridgehead atoms. The monoisotopic (exact) mass is 320 g/mol. The third-order valence-electron chi connectivity index (χ3n) is 3.74. The van der Waals surface area contributed by atoms with E-state index in [1.165, 1.54) is 0 Å². The highest BCUT2D eigenvalue weighted by Crippen LogP contribution is 2.26. The molecule has 1 aromatic heterocycles. The molecule has 126 valence electrons. The molecule has 0 spiro atoms. The van der Waals surface area contributed by atoms with E-state index in [4.69, 9.17) is 13.9 Å². The summed E-state index contributed by atoms with van der Waals surface area (Å²) in [6.07, 6.45) is 0. The summed E-state index contributed by atoms with van der Waals surface area (Å²) in [6, 6.07) is 5.72. The van der Waals surface area contributed by atoms with Gasteiger partial charge >= 0.3 is 0 Å². The fourth-order valence-corrected chi connectivity index (χ4v) is 2.38. The zero-order valence-electron chi connectivity index (χ0n) is 14.1. The molecule has 0 saturated heterocycles. The fourth-order valence-electron chi connectivity index (χ4n) is 2.38. The molecule has 0 fully saturated rings. The lowest BCUT2D eigenvalue weighted by atomic mass is 10.1. The Morgan fingerprint density at radius 3 is 2.52 bits per heavy atom. The zero-order valence-corrected chi connectivity index (χ0v) is 14.1. The van der Waals surface area contributed by atoms with Gasteiger partial charge in [-0.2, -0.15) is 0 Å². The standard InChI is InChI=1S/C17H24N2O4/c1-12-13(2)23-17(18-12)11-19(7-8-20)10-14-5-6-15(21-3)9-16(14)22-4/h5-6,9,20H,7-8,10-11H2,1-4H3. The second-order valence-corrected chi connectivity index (χ2v) is 5.36. The number of aliphatic hydroxyl groups excluding tert-OH is 1. The number of oxazole rings is 1. The average molecular weight is 320 g/mol. The number of aryl methyl sites for hydroxylation is 2. The summed E-state index contributed by atoms with van der Waals surface area (Å²) in [5, 5.41) is 9.32. The van der Waals surface area contributed by atoms with Crippen LogP contribution in [-0.2, 0) is 13.1 Å². The highest BCUT2D eigenvalue weighted by atomic mass is 16.5. The van der Waals surface area contributed by atoms with Crippen molar-refractivity contribution in [1.29, 1.82) is 0 Å². The Hall–Kier alpha value is -2.05. The Labute approximate surface area is 136 Å². The van der Waals surface area contributed by atoms with Crippen LogP contribution in [0.25, 0.3) is 0 Å². The van der Waals surface area contributed by atoms with Gasteiger partial charge in [-0.15, -0.1) is 0 Å². The van der Waals surface area contributed by atoms with Gasteiger partial charge in [-0.05, 0) is 19.9 Å². The molecular weight excluding hydrogens is 296 g/mol. The first-order valence-electron chi connectivity index (χ1n) is 7.54. The first-order valence-corrected chi connectivity index (χ1v) is 7.54. The van der Waals surface area contributed by atoms with Crippen molar-refractivity contribution in [2.75, 3.05) is 27.4 Å². The summed E-state index contributed by atoms with van der Waals surface area (Å²) in [7, 11) is 3.26. The van der Waals surface area contributed by atoms with Crippen LogP contribution in [0.3, 0.4) is 0 Å². The summed E-state index contributed by atoms with van der Waals surface area (Å²) in [5.41, 5.74) is 1.91. The number of benzene rings is 1. The van der Waals surface area contributed by atoms with Crippen LogP contribution in [0.5, 0.6) is 11.5 Å². The second kappa shape index (κ2) is 7.99. The second-order valence-electron chi connectivity index (χ2n) is 5.36. The SMILES string of the molecule is COc1ccc(CN(CCO)Cc2nc(C)c(C)o2)c(OC)c1. The maximum atomic E-state index is 9.32. The van der Waals surface area contributed by atoms with Gasteiger partial charge in [0.1, 0.15) is 17.3 Å². The molecule has 0 amide bonds. The van der Waals surface area contributed by atoms with Crippen LogP contribution >= 0.6 is 0 Å². The molecular formula is C17H24N2O4. The molecule has 0 aliphatic carbocycles. The van der Waals surface area contributed by atoms with E-state index in [0.717, 1.165) is 28.5 Å². The number of rotatable bonds is 8. The molecule has 0 saturated carbocycles. The summed E-state index contributed by atoms with van der Waals surface area (Å²) in [6.45, 7) is 5.56. The fraction of sp³-hybridized carbons (Fsp3) is 0.471. The smallest absolute Gasteiger partial charge is 0.208 e. The van der Waals surface area contributed by atoms with Gasteiger partial charge in [0.15, 0.2) is 0 Å². The predicted molar refractivity (Wildman–Crippen MR) is 86.7 cm³/mol. The maximum absolute atomic E-state index is 9.32. The molecule has 2 rings (SSSR count). The van der Waals surface area contributed by atoms with E-state index < -0.39 is 0 Å². The van der Waals surface area contributed by atoms with Crippen molar-refractivity contribution < 1.29 is 19.0 Å². The van der Waals surface area contributed by atoms with E-state index in [9.17, 15) is 5.11 Å². The summed E-state index contributed by atoms with van der Waals surface area (Å²) < 4.78 is 16.3. The minimum absolute atomic E-state index is 0.0666. The molecule has 23 heavy (non-hydrogen) atoms. The van der Waals surface area contributed by atoms with Crippen molar-refractivity contribution in [3.63, 3.8) is 0 Å². The van der Waals surface area contributed by atoms with E-state index in [1.54, 1.807) is 14.2 Å². The molecule has 0 aliphatic heterocycles. The molecule has 6 nitrogen and oxygen atoms in total. The molecule has 0 radical (unpaired) electrons. The molecule has 0 unspecified atom stereocenters. The van der Waals surface area contributed by atoms with Crippen molar-refractivity contribution in [3.8, 4) is 11.5 Å². The molecule has 6 heteroatoms. The number of aliphatic hydroxyl groups is 1. The van der Waals surface area contributed by atoms with Gasteiger partial charge in [0.25, 0.3) is 0 Å². The lowest BCUT2D eigenvalue weighted by Crippen LogP contribution is -2.26. The van der Waals surface area contributed by atoms with Crippen LogP contribution in [-0.4, -0.2) is 42.4 Å². The minimum atomic E-state index is 0.0666. The number of hydrogen-bond acceptors (Lipinski definition) is 6. The van der Waals surface area contributed by atoms with Crippen LogP contribution in [0, 0.1) is 13.8 Å². The lowest BCUT2D eigenvalue weighted by molar-refractivity contribution is 0.170. The predicted octanol–water partition coefficient (Wildman–Crippen LogP) is 2.30.